The molecule has 0 radical (unpaired) electrons. The third-order valence-electron chi connectivity index (χ3n) is 4.01. The van der Waals surface area contributed by atoms with Gasteiger partial charge in [0.25, 0.3) is 0 Å². The number of benzene rings is 2. The summed E-state index contributed by atoms with van der Waals surface area (Å²) in [7, 11) is 1.55. The van der Waals surface area contributed by atoms with E-state index in [0.29, 0.717) is 22.3 Å². The molecule has 0 aliphatic heterocycles. The topological polar surface area (TPSA) is 88.8 Å². The fourth-order valence-electron chi connectivity index (χ4n) is 2.64. The molecular formula is C20H17O6-. The number of hydrogen-bond donors (Lipinski definition) is 0. The highest BCUT2D eigenvalue weighted by Gasteiger charge is 2.18. The zero-order chi connectivity index (χ0) is 18.7. The number of aryl methyl sites for hydroxylation is 1. The van der Waals surface area contributed by atoms with E-state index in [0.717, 1.165) is 12.0 Å². The second kappa shape index (κ2) is 7.31. The summed E-state index contributed by atoms with van der Waals surface area (Å²) < 4.78 is 16.2. The molecule has 0 aliphatic carbocycles. The Morgan fingerprint density at radius 1 is 1.15 bits per heavy atom. The second-order valence-electron chi connectivity index (χ2n) is 5.66. The maximum Gasteiger partial charge on any atom is 0.235 e. The zero-order valence-electron chi connectivity index (χ0n) is 14.4. The lowest BCUT2D eigenvalue weighted by molar-refractivity contribution is -0.307. The van der Waals surface area contributed by atoms with Crippen LogP contribution < -0.4 is 20.0 Å². The van der Waals surface area contributed by atoms with Crippen molar-refractivity contribution in [3.05, 3.63) is 58.3 Å². The molecule has 0 atom stereocenters. The van der Waals surface area contributed by atoms with Crippen LogP contribution in [0, 0.1) is 0 Å². The largest absolute Gasteiger partial charge is 0.546 e. The smallest absolute Gasteiger partial charge is 0.235 e. The summed E-state index contributed by atoms with van der Waals surface area (Å²) in [6.07, 6.45) is 0.755. The number of methoxy groups -OCH3 is 1. The predicted octanol–water partition coefficient (Wildman–Crippen LogP) is 2.16. The first-order valence-corrected chi connectivity index (χ1v) is 8.10. The Morgan fingerprint density at radius 2 is 1.88 bits per heavy atom. The maximum atomic E-state index is 12.9. The molecule has 1 aromatic heterocycles. The number of carbonyl (C=O) groups is 1. The molecule has 0 spiro atoms. The van der Waals surface area contributed by atoms with Gasteiger partial charge in [0.1, 0.15) is 17.9 Å². The van der Waals surface area contributed by atoms with E-state index in [4.69, 9.17) is 13.9 Å². The summed E-state index contributed by atoms with van der Waals surface area (Å²) in [5, 5.41) is 11.1. The Balaban J connectivity index is 2.22. The van der Waals surface area contributed by atoms with E-state index in [-0.39, 0.29) is 11.5 Å². The molecule has 0 fully saturated rings. The summed E-state index contributed by atoms with van der Waals surface area (Å²) in [6, 6.07) is 12.2. The molecule has 2 aromatic carbocycles. The van der Waals surface area contributed by atoms with Crippen molar-refractivity contribution in [3.8, 4) is 22.8 Å². The van der Waals surface area contributed by atoms with Crippen molar-refractivity contribution in [2.75, 3.05) is 13.7 Å². The molecule has 134 valence electrons. The SMILES string of the molecule is CCc1ccc2oc(-c3ccc(OC)cc3)c(OCC(=O)[O-])c(=O)c2c1. The summed E-state index contributed by atoms with van der Waals surface area (Å²) in [4.78, 5) is 23.7. The van der Waals surface area contributed by atoms with Gasteiger partial charge in [-0.3, -0.25) is 4.79 Å². The lowest BCUT2D eigenvalue weighted by atomic mass is 10.1. The number of carboxylic acid groups (broad SMARTS) is 1. The van der Waals surface area contributed by atoms with Gasteiger partial charge in [-0.25, -0.2) is 0 Å². The van der Waals surface area contributed by atoms with E-state index in [9.17, 15) is 14.7 Å². The van der Waals surface area contributed by atoms with Crippen LogP contribution in [-0.4, -0.2) is 19.7 Å². The van der Waals surface area contributed by atoms with E-state index in [2.05, 4.69) is 0 Å². The fraction of sp³-hybridized carbons (Fsp3) is 0.200. The highest BCUT2D eigenvalue weighted by Crippen LogP contribution is 2.32. The van der Waals surface area contributed by atoms with Gasteiger partial charge in [-0.1, -0.05) is 13.0 Å². The number of hydrogen-bond acceptors (Lipinski definition) is 6. The van der Waals surface area contributed by atoms with Crippen LogP contribution in [0.1, 0.15) is 12.5 Å². The molecule has 0 bridgehead atoms. The van der Waals surface area contributed by atoms with Crippen LogP contribution in [0.2, 0.25) is 0 Å². The average Bonchev–Trinajstić information content (AvgIpc) is 2.66. The molecule has 6 heteroatoms. The quantitative estimate of drug-likeness (QED) is 0.675. The summed E-state index contributed by atoms with van der Waals surface area (Å²) in [5.74, 6) is -0.773. The van der Waals surface area contributed by atoms with E-state index < -0.39 is 18.0 Å². The van der Waals surface area contributed by atoms with E-state index in [1.54, 1.807) is 43.5 Å². The van der Waals surface area contributed by atoms with Crippen LogP contribution in [-0.2, 0) is 11.2 Å². The first-order valence-electron chi connectivity index (χ1n) is 8.10. The number of ether oxygens (including phenoxy) is 2. The van der Waals surface area contributed by atoms with E-state index in [1.807, 2.05) is 13.0 Å². The normalized spacial score (nSPS) is 10.7. The lowest BCUT2D eigenvalue weighted by Gasteiger charge is -2.12. The van der Waals surface area contributed by atoms with E-state index in [1.165, 1.54) is 0 Å². The Labute approximate surface area is 149 Å². The Hall–Kier alpha value is -3.28. The van der Waals surface area contributed by atoms with Gasteiger partial charge in [-0.2, -0.15) is 0 Å². The highest BCUT2D eigenvalue weighted by atomic mass is 16.5. The molecule has 3 rings (SSSR count). The van der Waals surface area contributed by atoms with Crippen molar-refractivity contribution in [2.24, 2.45) is 0 Å². The van der Waals surface area contributed by atoms with Gasteiger partial charge in [-0.05, 0) is 48.4 Å². The molecular weight excluding hydrogens is 336 g/mol. The number of aliphatic carboxylic acids is 1. The standard InChI is InChI=1S/C20H18O6/c1-3-12-4-9-16-15(10-12)18(23)20(25-11-17(21)22)19(26-16)13-5-7-14(24-2)8-6-13/h4-10H,3,11H2,1-2H3,(H,21,22)/p-1. The van der Waals surface area contributed by atoms with Gasteiger partial charge in [0.2, 0.25) is 11.2 Å². The van der Waals surface area contributed by atoms with Crippen molar-refractivity contribution in [2.45, 2.75) is 13.3 Å². The number of carbonyl (C=O) groups excluding carboxylic acids is 1. The molecule has 6 nitrogen and oxygen atoms in total. The fourth-order valence-corrected chi connectivity index (χ4v) is 2.64. The molecule has 1 heterocycles. The average molecular weight is 353 g/mol. The van der Waals surface area contributed by atoms with Crippen molar-refractivity contribution >= 4 is 16.9 Å². The minimum Gasteiger partial charge on any atom is -0.546 e. The Bertz CT molecular complexity index is 1000. The number of rotatable bonds is 6. The molecule has 3 aromatic rings. The monoisotopic (exact) mass is 353 g/mol. The van der Waals surface area contributed by atoms with Crippen LogP contribution in [0.4, 0.5) is 0 Å². The molecule has 0 saturated heterocycles. The van der Waals surface area contributed by atoms with Gasteiger partial charge >= 0.3 is 0 Å². The lowest BCUT2D eigenvalue weighted by Crippen LogP contribution is -2.30. The van der Waals surface area contributed by atoms with Gasteiger partial charge < -0.3 is 23.8 Å². The van der Waals surface area contributed by atoms with Gasteiger partial charge in [0.15, 0.2) is 5.76 Å². The Morgan fingerprint density at radius 3 is 2.50 bits per heavy atom. The van der Waals surface area contributed by atoms with Crippen LogP contribution in [0.15, 0.2) is 51.7 Å². The van der Waals surface area contributed by atoms with E-state index >= 15 is 0 Å². The van der Waals surface area contributed by atoms with Gasteiger partial charge in [-0.15, -0.1) is 0 Å². The van der Waals surface area contributed by atoms with Crippen molar-refractivity contribution in [3.63, 3.8) is 0 Å². The predicted molar refractivity (Wildman–Crippen MR) is 94.4 cm³/mol. The first-order chi connectivity index (χ1) is 12.5. The van der Waals surface area contributed by atoms with Crippen molar-refractivity contribution in [1.82, 2.24) is 0 Å². The minimum absolute atomic E-state index is 0.153. The molecule has 0 unspecified atom stereocenters. The molecule has 0 aliphatic rings. The maximum absolute atomic E-state index is 12.9. The van der Waals surface area contributed by atoms with Crippen LogP contribution in [0.3, 0.4) is 0 Å². The zero-order valence-corrected chi connectivity index (χ0v) is 14.4. The third-order valence-corrected chi connectivity index (χ3v) is 4.01. The summed E-state index contributed by atoms with van der Waals surface area (Å²) in [6.45, 7) is 1.23. The molecule has 0 amide bonds. The van der Waals surface area contributed by atoms with Crippen LogP contribution in [0.25, 0.3) is 22.3 Å². The molecule has 0 N–H and O–H groups in total. The molecule has 26 heavy (non-hydrogen) atoms. The second-order valence-corrected chi connectivity index (χ2v) is 5.66. The highest BCUT2D eigenvalue weighted by molar-refractivity contribution is 5.83. The van der Waals surface area contributed by atoms with Crippen molar-refractivity contribution < 1.29 is 23.8 Å². The number of fused-ring (bicyclic) bond motifs is 1. The van der Waals surface area contributed by atoms with Crippen LogP contribution in [0.5, 0.6) is 11.5 Å². The number of carboxylic acids is 1. The molecule has 0 saturated carbocycles. The van der Waals surface area contributed by atoms with Gasteiger partial charge in [0, 0.05) is 5.56 Å². The Kier molecular flexibility index (Phi) is 4.93. The van der Waals surface area contributed by atoms with Crippen molar-refractivity contribution in [1.29, 1.82) is 0 Å². The van der Waals surface area contributed by atoms with Crippen LogP contribution >= 0.6 is 0 Å². The minimum atomic E-state index is -1.42. The summed E-state index contributed by atoms with van der Waals surface area (Å²) in [5.41, 5.74) is 1.51. The summed E-state index contributed by atoms with van der Waals surface area (Å²) >= 11 is 0. The van der Waals surface area contributed by atoms with Gasteiger partial charge in [0.05, 0.1) is 18.5 Å². The first kappa shape index (κ1) is 17.5. The third kappa shape index (κ3) is 3.39.